The van der Waals surface area contributed by atoms with Gasteiger partial charge in [-0.05, 0) is 11.8 Å². The molecule has 12 heavy (non-hydrogen) atoms. The third-order valence-electron chi connectivity index (χ3n) is 2.17. The van der Waals surface area contributed by atoms with Crippen molar-refractivity contribution in [1.29, 1.82) is 0 Å². The van der Waals surface area contributed by atoms with Crippen molar-refractivity contribution in [2.45, 2.75) is 47.0 Å². The fourth-order valence-electron chi connectivity index (χ4n) is 0.887. The zero-order chi connectivity index (χ0) is 9.61. The predicted octanol–water partition coefficient (Wildman–Crippen LogP) is 2.34. The number of amides is 1. The van der Waals surface area contributed by atoms with Crippen LogP contribution in [0, 0.1) is 5.41 Å². The Morgan fingerprint density at radius 3 is 2.33 bits per heavy atom. The van der Waals surface area contributed by atoms with Gasteiger partial charge in [0.1, 0.15) is 0 Å². The lowest BCUT2D eigenvalue weighted by atomic mass is 9.86. The lowest BCUT2D eigenvalue weighted by Crippen LogP contribution is -2.28. The highest BCUT2D eigenvalue weighted by atomic mass is 16.1. The maximum atomic E-state index is 11.3. The number of carbonyl (C=O) groups is 1. The minimum atomic E-state index is 0.151. The molecule has 0 rings (SSSR count). The van der Waals surface area contributed by atoms with E-state index in [1.165, 1.54) is 0 Å². The molecule has 0 heterocycles. The third kappa shape index (κ3) is 5.16. The van der Waals surface area contributed by atoms with Crippen molar-refractivity contribution in [1.82, 2.24) is 5.32 Å². The van der Waals surface area contributed by atoms with E-state index in [1.54, 1.807) is 0 Å². The molecular formula is C10H21NO. The standard InChI is InChI=1S/C10H21NO/c1-5-7-11-9(12)8-10(3,4)6-2/h5-8H2,1-4H3,(H,11,12). The minimum absolute atomic E-state index is 0.151. The van der Waals surface area contributed by atoms with Crippen LogP contribution in [0.4, 0.5) is 0 Å². The van der Waals surface area contributed by atoms with Crippen molar-refractivity contribution >= 4 is 5.91 Å². The van der Waals surface area contributed by atoms with Crippen molar-refractivity contribution in [3.05, 3.63) is 0 Å². The molecule has 0 atom stereocenters. The molecule has 0 aliphatic rings. The Labute approximate surface area is 75.7 Å². The SMILES string of the molecule is CCCNC(=O)CC(C)(C)CC. The largest absolute Gasteiger partial charge is 0.356 e. The van der Waals surface area contributed by atoms with E-state index in [4.69, 9.17) is 0 Å². The van der Waals surface area contributed by atoms with Gasteiger partial charge in [-0.3, -0.25) is 4.79 Å². The van der Waals surface area contributed by atoms with E-state index in [2.05, 4.69) is 33.0 Å². The highest BCUT2D eigenvalue weighted by Gasteiger charge is 2.18. The van der Waals surface area contributed by atoms with E-state index < -0.39 is 0 Å². The maximum absolute atomic E-state index is 11.3. The molecule has 1 N–H and O–H groups in total. The van der Waals surface area contributed by atoms with Crippen LogP contribution in [0.5, 0.6) is 0 Å². The Bertz CT molecular complexity index is 141. The van der Waals surface area contributed by atoms with Gasteiger partial charge in [-0.2, -0.15) is 0 Å². The topological polar surface area (TPSA) is 29.1 Å². The molecule has 0 saturated carbocycles. The van der Waals surface area contributed by atoms with Gasteiger partial charge >= 0.3 is 0 Å². The second-order valence-electron chi connectivity index (χ2n) is 4.04. The Hall–Kier alpha value is -0.530. The summed E-state index contributed by atoms with van der Waals surface area (Å²) in [7, 11) is 0. The lowest BCUT2D eigenvalue weighted by Gasteiger charge is -2.21. The van der Waals surface area contributed by atoms with E-state index in [0.29, 0.717) is 6.42 Å². The summed E-state index contributed by atoms with van der Waals surface area (Å²) in [4.78, 5) is 11.3. The van der Waals surface area contributed by atoms with Crippen LogP contribution in [-0.2, 0) is 4.79 Å². The molecule has 0 fully saturated rings. The highest BCUT2D eigenvalue weighted by molar-refractivity contribution is 5.76. The summed E-state index contributed by atoms with van der Waals surface area (Å²) in [5.74, 6) is 0.184. The summed E-state index contributed by atoms with van der Waals surface area (Å²) in [5.41, 5.74) is 0.151. The monoisotopic (exact) mass is 171 g/mol. The second kappa shape index (κ2) is 5.18. The number of hydrogen-bond donors (Lipinski definition) is 1. The first kappa shape index (κ1) is 11.5. The molecule has 0 bridgehead atoms. The summed E-state index contributed by atoms with van der Waals surface area (Å²) in [5, 5.41) is 2.88. The van der Waals surface area contributed by atoms with Gasteiger partial charge in [0.15, 0.2) is 0 Å². The Balaban J connectivity index is 3.68. The molecule has 1 amide bonds. The fraction of sp³-hybridized carbons (Fsp3) is 0.900. The number of hydrogen-bond acceptors (Lipinski definition) is 1. The molecule has 0 unspecified atom stereocenters. The first-order valence-corrected chi connectivity index (χ1v) is 4.78. The zero-order valence-electron chi connectivity index (χ0n) is 8.74. The molecule has 2 heteroatoms. The molecule has 0 aromatic carbocycles. The molecule has 0 spiro atoms. The zero-order valence-corrected chi connectivity index (χ0v) is 8.74. The molecule has 0 aromatic rings. The Morgan fingerprint density at radius 1 is 1.33 bits per heavy atom. The van der Waals surface area contributed by atoms with Crippen LogP contribution in [-0.4, -0.2) is 12.5 Å². The molecule has 0 aliphatic carbocycles. The summed E-state index contributed by atoms with van der Waals surface area (Å²) in [6.45, 7) is 9.23. The first-order valence-electron chi connectivity index (χ1n) is 4.78. The van der Waals surface area contributed by atoms with Crippen LogP contribution in [0.3, 0.4) is 0 Å². The van der Waals surface area contributed by atoms with E-state index >= 15 is 0 Å². The number of nitrogens with one attached hydrogen (secondary N) is 1. The average Bonchev–Trinajstić information content (AvgIpc) is 2.00. The number of rotatable bonds is 5. The Morgan fingerprint density at radius 2 is 1.92 bits per heavy atom. The van der Waals surface area contributed by atoms with Gasteiger partial charge in [0.05, 0.1) is 0 Å². The van der Waals surface area contributed by atoms with Gasteiger partial charge < -0.3 is 5.32 Å². The van der Waals surface area contributed by atoms with Gasteiger partial charge in [-0.25, -0.2) is 0 Å². The summed E-state index contributed by atoms with van der Waals surface area (Å²) < 4.78 is 0. The second-order valence-corrected chi connectivity index (χ2v) is 4.04. The van der Waals surface area contributed by atoms with Crippen LogP contribution >= 0.6 is 0 Å². The van der Waals surface area contributed by atoms with Crippen LogP contribution in [0.15, 0.2) is 0 Å². The normalized spacial score (nSPS) is 11.3. The molecule has 0 saturated heterocycles. The summed E-state index contributed by atoms with van der Waals surface area (Å²) >= 11 is 0. The smallest absolute Gasteiger partial charge is 0.220 e. The van der Waals surface area contributed by atoms with Crippen molar-refractivity contribution < 1.29 is 4.79 Å². The van der Waals surface area contributed by atoms with E-state index in [9.17, 15) is 4.79 Å². The molecule has 2 nitrogen and oxygen atoms in total. The van der Waals surface area contributed by atoms with Crippen LogP contribution in [0.1, 0.15) is 47.0 Å². The minimum Gasteiger partial charge on any atom is -0.356 e. The highest BCUT2D eigenvalue weighted by Crippen LogP contribution is 2.23. The summed E-state index contributed by atoms with van der Waals surface area (Å²) in [6.07, 6.45) is 2.70. The average molecular weight is 171 g/mol. The molecule has 72 valence electrons. The predicted molar refractivity (Wildman–Crippen MR) is 52.0 cm³/mol. The van der Waals surface area contributed by atoms with Crippen LogP contribution < -0.4 is 5.32 Å². The Kier molecular flexibility index (Phi) is 4.95. The molecule has 0 aliphatic heterocycles. The summed E-state index contributed by atoms with van der Waals surface area (Å²) in [6, 6.07) is 0. The van der Waals surface area contributed by atoms with Gasteiger partial charge in [0.25, 0.3) is 0 Å². The van der Waals surface area contributed by atoms with Gasteiger partial charge in [0.2, 0.25) is 5.91 Å². The molecular weight excluding hydrogens is 150 g/mol. The molecule has 0 aromatic heterocycles. The van der Waals surface area contributed by atoms with E-state index in [1.807, 2.05) is 0 Å². The van der Waals surface area contributed by atoms with Gasteiger partial charge in [-0.1, -0.05) is 34.1 Å². The van der Waals surface area contributed by atoms with Crippen LogP contribution in [0.2, 0.25) is 0 Å². The van der Waals surface area contributed by atoms with Gasteiger partial charge in [-0.15, -0.1) is 0 Å². The first-order chi connectivity index (χ1) is 5.52. The fourth-order valence-corrected chi connectivity index (χ4v) is 0.887. The van der Waals surface area contributed by atoms with E-state index in [-0.39, 0.29) is 11.3 Å². The maximum Gasteiger partial charge on any atom is 0.220 e. The molecule has 0 radical (unpaired) electrons. The van der Waals surface area contributed by atoms with E-state index in [0.717, 1.165) is 19.4 Å². The van der Waals surface area contributed by atoms with Crippen molar-refractivity contribution in [3.63, 3.8) is 0 Å². The van der Waals surface area contributed by atoms with Gasteiger partial charge in [0, 0.05) is 13.0 Å². The van der Waals surface area contributed by atoms with Crippen molar-refractivity contribution in [2.24, 2.45) is 5.41 Å². The lowest BCUT2D eigenvalue weighted by molar-refractivity contribution is -0.123. The van der Waals surface area contributed by atoms with Crippen molar-refractivity contribution in [2.75, 3.05) is 6.54 Å². The van der Waals surface area contributed by atoms with Crippen LogP contribution in [0.25, 0.3) is 0 Å². The van der Waals surface area contributed by atoms with Crippen molar-refractivity contribution in [3.8, 4) is 0 Å². The third-order valence-corrected chi connectivity index (χ3v) is 2.17. The number of carbonyl (C=O) groups excluding carboxylic acids is 1. The quantitative estimate of drug-likeness (QED) is 0.676.